The Kier molecular flexibility index (Phi) is 5.48. The van der Waals surface area contributed by atoms with Crippen LogP contribution in [0.5, 0.6) is 0 Å². The number of amides is 1. The van der Waals surface area contributed by atoms with Crippen LogP contribution in [0.2, 0.25) is 0 Å². The first kappa shape index (κ1) is 16.9. The van der Waals surface area contributed by atoms with Crippen LogP contribution in [-0.2, 0) is 4.79 Å². The lowest BCUT2D eigenvalue weighted by Gasteiger charge is -2.39. The normalized spacial score (nSPS) is 23.6. The van der Waals surface area contributed by atoms with Gasteiger partial charge >= 0.3 is 0 Å². The molecule has 0 saturated carbocycles. The van der Waals surface area contributed by atoms with Gasteiger partial charge in [0.25, 0.3) is 5.91 Å². The standard InChI is InChI=1S/C20H26N2O2/c1-15-7-5-6-10-18(15)19(20(23)21-24)22-13-11-17(12-14-22)16-8-3-2-4-9-16/h2-6,8-10,15,17,19,24H,7,11-14H2,1H3,(H,21,23). The molecule has 0 spiro atoms. The third-order valence-corrected chi connectivity index (χ3v) is 5.32. The van der Waals surface area contributed by atoms with Crippen LogP contribution in [0.4, 0.5) is 0 Å². The van der Waals surface area contributed by atoms with Gasteiger partial charge in [0.15, 0.2) is 0 Å². The van der Waals surface area contributed by atoms with Crippen molar-refractivity contribution in [3.05, 3.63) is 59.7 Å². The zero-order chi connectivity index (χ0) is 16.9. The number of piperidine rings is 1. The molecule has 1 saturated heterocycles. The Balaban J connectivity index is 1.73. The minimum Gasteiger partial charge on any atom is -0.289 e. The lowest BCUT2D eigenvalue weighted by molar-refractivity contribution is -0.134. The summed E-state index contributed by atoms with van der Waals surface area (Å²) in [6.45, 7) is 3.88. The fraction of sp³-hybridized carbons (Fsp3) is 0.450. The molecule has 1 fully saturated rings. The van der Waals surface area contributed by atoms with Crippen LogP contribution >= 0.6 is 0 Å². The van der Waals surface area contributed by atoms with Gasteiger partial charge in [-0.25, -0.2) is 5.48 Å². The smallest absolute Gasteiger partial charge is 0.264 e. The van der Waals surface area contributed by atoms with Gasteiger partial charge in [0.2, 0.25) is 0 Å². The summed E-state index contributed by atoms with van der Waals surface area (Å²) in [6.07, 6.45) is 9.21. The molecule has 1 aromatic rings. The number of carbonyl (C=O) groups is 1. The van der Waals surface area contributed by atoms with Gasteiger partial charge in [-0.1, -0.05) is 55.5 Å². The second-order valence-corrected chi connectivity index (χ2v) is 6.83. The molecule has 0 bridgehead atoms. The Labute approximate surface area is 143 Å². The van der Waals surface area contributed by atoms with E-state index in [2.05, 4.69) is 42.2 Å². The summed E-state index contributed by atoms with van der Waals surface area (Å²) in [5, 5.41) is 9.21. The fourth-order valence-electron chi connectivity index (χ4n) is 3.93. The van der Waals surface area contributed by atoms with Crippen LogP contribution in [0, 0.1) is 5.92 Å². The summed E-state index contributed by atoms with van der Waals surface area (Å²) in [5.41, 5.74) is 4.36. The maximum Gasteiger partial charge on any atom is 0.264 e. The number of benzene rings is 1. The topological polar surface area (TPSA) is 52.6 Å². The van der Waals surface area contributed by atoms with Crippen molar-refractivity contribution in [1.29, 1.82) is 0 Å². The van der Waals surface area contributed by atoms with Crippen LogP contribution < -0.4 is 5.48 Å². The van der Waals surface area contributed by atoms with Gasteiger partial charge in [-0.05, 0) is 55.3 Å². The third-order valence-electron chi connectivity index (χ3n) is 5.32. The van der Waals surface area contributed by atoms with Crippen molar-refractivity contribution in [3.8, 4) is 0 Å². The summed E-state index contributed by atoms with van der Waals surface area (Å²) < 4.78 is 0. The molecule has 1 amide bonds. The van der Waals surface area contributed by atoms with Crippen molar-refractivity contribution in [2.75, 3.05) is 13.1 Å². The average molecular weight is 326 g/mol. The fourth-order valence-corrected chi connectivity index (χ4v) is 3.93. The molecule has 4 nitrogen and oxygen atoms in total. The van der Waals surface area contributed by atoms with Gasteiger partial charge in [0, 0.05) is 0 Å². The molecular weight excluding hydrogens is 300 g/mol. The highest BCUT2D eigenvalue weighted by atomic mass is 16.5. The van der Waals surface area contributed by atoms with Crippen LogP contribution in [0.25, 0.3) is 0 Å². The molecule has 2 aliphatic rings. The van der Waals surface area contributed by atoms with Crippen molar-refractivity contribution in [2.45, 2.75) is 38.1 Å². The number of allylic oxidation sites excluding steroid dienone is 3. The molecule has 24 heavy (non-hydrogen) atoms. The van der Waals surface area contributed by atoms with Gasteiger partial charge in [0.1, 0.15) is 6.04 Å². The number of carbonyl (C=O) groups excluding carboxylic acids is 1. The predicted molar refractivity (Wildman–Crippen MR) is 94.7 cm³/mol. The molecule has 3 rings (SSSR count). The molecule has 0 radical (unpaired) electrons. The number of hydrogen-bond donors (Lipinski definition) is 2. The summed E-state index contributed by atoms with van der Waals surface area (Å²) >= 11 is 0. The molecular formula is C20H26N2O2. The van der Waals surface area contributed by atoms with E-state index in [1.54, 1.807) is 0 Å². The largest absolute Gasteiger partial charge is 0.289 e. The molecule has 0 aromatic heterocycles. The van der Waals surface area contributed by atoms with E-state index in [4.69, 9.17) is 0 Å². The van der Waals surface area contributed by atoms with E-state index in [1.165, 1.54) is 5.56 Å². The number of rotatable bonds is 4. The van der Waals surface area contributed by atoms with Crippen LogP contribution in [0.3, 0.4) is 0 Å². The van der Waals surface area contributed by atoms with Gasteiger partial charge in [-0.3, -0.25) is 14.9 Å². The number of likely N-dealkylation sites (tertiary alicyclic amines) is 1. The predicted octanol–water partition coefficient (Wildman–Crippen LogP) is 3.26. The van der Waals surface area contributed by atoms with E-state index in [0.29, 0.717) is 11.8 Å². The second kappa shape index (κ2) is 7.77. The molecule has 1 aliphatic carbocycles. The second-order valence-electron chi connectivity index (χ2n) is 6.83. The van der Waals surface area contributed by atoms with E-state index < -0.39 is 0 Å². The zero-order valence-electron chi connectivity index (χ0n) is 14.2. The van der Waals surface area contributed by atoms with E-state index in [-0.39, 0.29) is 11.9 Å². The van der Waals surface area contributed by atoms with Gasteiger partial charge in [-0.2, -0.15) is 0 Å². The Morgan fingerprint density at radius 3 is 2.58 bits per heavy atom. The minimum absolute atomic E-state index is 0.318. The first-order valence-electron chi connectivity index (χ1n) is 8.80. The minimum atomic E-state index is -0.369. The maximum absolute atomic E-state index is 12.3. The Bertz CT molecular complexity index is 616. The summed E-state index contributed by atoms with van der Waals surface area (Å²) in [5.74, 6) is 0.559. The highest BCUT2D eigenvalue weighted by Crippen LogP contribution is 2.32. The Hall–Kier alpha value is -1.91. The van der Waals surface area contributed by atoms with Crippen molar-refractivity contribution >= 4 is 5.91 Å². The van der Waals surface area contributed by atoms with E-state index in [9.17, 15) is 10.0 Å². The molecule has 2 N–H and O–H groups in total. The molecule has 2 atom stereocenters. The summed E-state index contributed by atoms with van der Waals surface area (Å²) in [6, 6.07) is 10.2. The van der Waals surface area contributed by atoms with Gasteiger partial charge in [-0.15, -0.1) is 0 Å². The molecule has 2 unspecified atom stereocenters. The highest BCUT2D eigenvalue weighted by Gasteiger charge is 2.34. The number of hydroxylamine groups is 1. The van der Waals surface area contributed by atoms with Crippen molar-refractivity contribution in [3.63, 3.8) is 0 Å². The monoisotopic (exact) mass is 326 g/mol. The molecule has 4 heteroatoms. The van der Waals surface area contributed by atoms with Crippen molar-refractivity contribution < 1.29 is 10.0 Å². The van der Waals surface area contributed by atoms with Gasteiger partial charge < -0.3 is 0 Å². The molecule has 1 aromatic carbocycles. The number of nitrogens with one attached hydrogen (secondary N) is 1. The molecule has 1 aliphatic heterocycles. The highest BCUT2D eigenvalue weighted by molar-refractivity contribution is 5.84. The first-order chi connectivity index (χ1) is 11.7. The average Bonchev–Trinajstić information content (AvgIpc) is 2.64. The zero-order valence-corrected chi connectivity index (χ0v) is 14.2. The summed E-state index contributed by atoms with van der Waals surface area (Å²) in [4.78, 5) is 14.6. The van der Waals surface area contributed by atoms with Crippen LogP contribution in [0.1, 0.15) is 37.7 Å². The van der Waals surface area contributed by atoms with Crippen molar-refractivity contribution in [2.24, 2.45) is 5.92 Å². The first-order valence-corrected chi connectivity index (χ1v) is 8.80. The molecule has 128 valence electrons. The summed E-state index contributed by atoms with van der Waals surface area (Å²) in [7, 11) is 0. The van der Waals surface area contributed by atoms with E-state index in [1.807, 2.05) is 23.7 Å². The third kappa shape index (κ3) is 3.60. The van der Waals surface area contributed by atoms with Crippen molar-refractivity contribution in [1.82, 2.24) is 10.4 Å². The lowest BCUT2D eigenvalue weighted by Crippen LogP contribution is -2.51. The maximum atomic E-state index is 12.3. The van der Waals surface area contributed by atoms with E-state index in [0.717, 1.165) is 37.9 Å². The molecule has 1 heterocycles. The van der Waals surface area contributed by atoms with Crippen LogP contribution in [0.15, 0.2) is 54.1 Å². The lowest BCUT2D eigenvalue weighted by atomic mass is 9.84. The number of nitrogens with zero attached hydrogens (tertiary/aromatic N) is 1. The van der Waals surface area contributed by atoms with Crippen LogP contribution in [-0.4, -0.2) is 35.1 Å². The quantitative estimate of drug-likeness (QED) is 0.659. The Morgan fingerprint density at radius 1 is 1.25 bits per heavy atom. The van der Waals surface area contributed by atoms with E-state index >= 15 is 0 Å². The SMILES string of the molecule is CC1CC=CC=C1C(C(=O)NO)N1CCC(c2ccccc2)CC1. The van der Waals surface area contributed by atoms with Gasteiger partial charge in [0.05, 0.1) is 0 Å². The Morgan fingerprint density at radius 2 is 1.96 bits per heavy atom. The number of hydrogen-bond acceptors (Lipinski definition) is 3.